The number of rotatable bonds is 6. The van der Waals surface area contributed by atoms with E-state index in [1.165, 1.54) is 12.1 Å². The lowest BCUT2D eigenvalue weighted by atomic mass is 10.1. The number of aryl methyl sites for hydroxylation is 1. The van der Waals surface area contributed by atoms with Crippen LogP contribution in [-0.2, 0) is 17.8 Å². The van der Waals surface area contributed by atoms with Crippen molar-refractivity contribution in [1.29, 1.82) is 0 Å². The van der Waals surface area contributed by atoms with Crippen LogP contribution in [0.3, 0.4) is 0 Å². The van der Waals surface area contributed by atoms with E-state index in [1.807, 2.05) is 6.07 Å². The molecule has 1 amide bonds. The van der Waals surface area contributed by atoms with Gasteiger partial charge in [0.1, 0.15) is 17.4 Å². The van der Waals surface area contributed by atoms with Gasteiger partial charge in [-0.2, -0.15) is 0 Å². The van der Waals surface area contributed by atoms with Crippen molar-refractivity contribution < 1.29 is 18.0 Å². The Morgan fingerprint density at radius 3 is 2.73 bits per heavy atom. The van der Waals surface area contributed by atoms with Crippen molar-refractivity contribution in [2.75, 3.05) is 0 Å². The Hall–Kier alpha value is -2.17. The molecule has 0 atom stereocenters. The number of hydrogen-bond donors (Lipinski definition) is 0. The van der Waals surface area contributed by atoms with Gasteiger partial charge in [0.15, 0.2) is 0 Å². The monoisotopic (exact) mass is 305 g/mol. The lowest BCUT2D eigenvalue weighted by Gasteiger charge is -2.22. The minimum atomic E-state index is -0.608. The van der Waals surface area contributed by atoms with Gasteiger partial charge in [-0.05, 0) is 31.0 Å². The number of benzene rings is 1. The molecule has 0 aliphatic heterocycles. The van der Waals surface area contributed by atoms with E-state index in [-0.39, 0.29) is 18.5 Å². The summed E-state index contributed by atoms with van der Waals surface area (Å²) in [6, 6.07) is 7.26. The molecule has 0 unspecified atom stereocenters. The highest BCUT2D eigenvalue weighted by molar-refractivity contribution is 5.77. The first kappa shape index (κ1) is 14.8. The Morgan fingerprint density at radius 1 is 1.27 bits per heavy atom. The Balaban J connectivity index is 1.65. The Kier molecular flexibility index (Phi) is 4.22. The highest BCUT2D eigenvalue weighted by Gasteiger charge is 2.32. The molecule has 22 heavy (non-hydrogen) atoms. The highest BCUT2D eigenvalue weighted by Crippen LogP contribution is 2.29. The maximum Gasteiger partial charge on any atom is 0.223 e. The quantitative estimate of drug-likeness (QED) is 0.815. The molecule has 0 N–H and O–H groups in total. The second-order valence-corrected chi connectivity index (χ2v) is 5.57. The van der Waals surface area contributed by atoms with E-state index in [1.54, 1.807) is 17.2 Å². The van der Waals surface area contributed by atoms with E-state index < -0.39 is 11.6 Å². The summed E-state index contributed by atoms with van der Waals surface area (Å²) in [6.07, 6.45) is 4.31. The van der Waals surface area contributed by atoms with Crippen LogP contribution in [0.2, 0.25) is 0 Å². The third-order valence-corrected chi connectivity index (χ3v) is 3.83. The summed E-state index contributed by atoms with van der Waals surface area (Å²) in [6.45, 7) is 0.188. The van der Waals surface area contributed by atoms with Crippen molar-refractivity contribution in [3.05, 3.63) is 59.6 Å². The summed E-state index contributed by atoms with van der Waals surface area (Å²) in [4.78, 5) is 14.1. The molecule has 0 radical (unpaired) electrons. The molecule has 5 heteroatoms. The molecule has 1 aliphatic carbocycles. The van der Waals surface area contributed by atoms with Crippen LogP contribution in [0.4, 0.5) is 8.78 Å². The predicted molar refractivity (Wildman–Crippen MR) is 77.0 cm³/mol. The number of nitrogens with zero attached hydrogens (tertiary/aromatic N) is 1. The lowest BCUT2D eigenvalue weighted by Crippen LogP contribution is -2.33. The summed E-state index contributed by atoms with van der Waals surface area (Å²) < 4.78 is 32.0. The fourth-order valence-corrected chi connectivity index (χ4v) is 2.47. The number of amides is 1. The molecule has 1 heterocycles. The van der Waals surface area contributed by atoms with Gasteiger partial charge in [0.2, 0.25) is 5.91 Å². The minimum Gasteiger partial charge on any atom is -0.469 e. The minimum absolute atomic E-state index is 0.0253. The van der Waals surface area contributed by atoms with Crippen LogP contribution in [0.5, 0.6) is 0 Å². The topological polar surface area (TPSA) is 33.5 Å². The second-order valence-electron chi connectivity index (χ2n) is 5.57. The second kappa shape index (κ2) is 6.30. The van der Waals surface area contributed by atoms with Gasteiger partial charge >= 0.3 is 0 Å². The molecule has 1 aromatic heterocycles. The molecule has 1 saturated carbocycles. The van der Waals surface area contributed by atoms with E-state index >= 15 is 0 Å². The van der Waals surface area contributed by atoms with Gasteiger partial charge in [-0.25, -0.2) is 8.78 Å². The van der Waals surface area contributed by atoms with Gasteiger partial charge in [0.05, 0.1) is 6.26 Å². The first-order valence-corrected chi connectivity index (χ1v) is 7.39. The summed E-state index contributed by atoms with van der Waals surface area (Å²) in [5, 5.41) is 0. The number of furan rings is 1. The summed E-state index contributed by atoms with van der Waals surface area (Å²) in [5.74, 6) is -0.479. The Morgan fingerprint density at radius 2 is 2.09 bits per heavy atom. The van der Waals surface area contributed by atoms with E-state index in [0.29, 0.717) is 18.4 Å². The molecule has 1 fully saturated rings. The van der Waals surface area contributed by atoms with Gasteiger partial charge in [-0.3, -0.25) is 4.79 Å². The van der Waals surface area contributed by atoms with Crippen LogP contribution in [0.1, 0.15) is 30.6 Å². The van der Waals surface area contributed by atoms with Gasteiger partial charge in [0, 0.05) is 37.1 Å². The SMILES string of the molecule is O=C(CCc1ccco1)N(Cc1ccc(F)cc1F)C1CC1. The van der Waals surface area contributed by atoms with Crippen LogP contribution >= 0.6 is 0 Å². The number of carbonyl (C=O) groups is 1. The molecule has 1 aromatic carbocycles. The lowest BCUT2D eigenvalue weighted by molar-refractivity contribution is -0.132. The van der Waals surface area contributed by atoms with Crippen molar-refractivity contribution in [1.82, 2.24) is 4.90 Å². The summed E-state index contributed by atoms with van der Waals surface area (Å²) in [7, 11) is 0. The van der Waals surface area contributed by atoms with Gasteiger partial charge in [0.25, 0.3) is 0 Å². The van der Waals surface area contributed by atoms with E-state index in [4.69, 9.17) is 4.42 Å². The Bertz CT molecular complexity index is 651. The molecular formula is C17H17F2NO2. The first-order chi connectivity index (χ1) is 10.6. The average molecular weight is 305 g/mol. The van der Waals surface area contributed by atoms with Crippen LogP contribution in [0.25, 0.3) is 0 Å². The maximum atomic E-state index is 13.8. The fourth-order valence-electron chi connectivity index (χ4n) is 2.47. The third-order valence-electron chi connectivity index (χ3n) is 3.83. The molecule has 2 aromatic rings. The number of halogens is 2. The highest BCUT2D eigenvalue weighted by atomic mass is 19.1. The van der Waals surface area contributed by atoms with Gasteiger partial charge < -0.3 is 9.32 Å². The van der Waals surface area contributed by atoms with Crippen LogP contribution in [0, 0.1) is 11.6 Å². The molecule has 0 saturated heterocycles. The molecule has 3 rings (SSSR count). The van der Waals surface area contributed by atoms with Crippen LogP contribution in [-0.4, -0.2) is 16.8 Å². The van der Waals surface area contributed by atoms with Crippen molar-refractivity contribution >= 4 is 5.91 Å². The molecule has 3 nitrogen and oxygen atoms in total. The number of hydrogen-bond acceptors (Lipinski definition) is 2. The molecule has 0 spiro atoms. The Labute approximate surface area is 127 Å². The van der Waals surface area contributed by atoms with E-state index in [9.17, 15) is 13.6 Å². The normalized spacial score (nSPS) is 14.1. The molecule has 116 valence electrons. The van der Waals surface area contributed by atoms with Crippen molar-refractivity contribution in [3.8, 4) is 0 Å². The third kappa shape index (κ3) is 3.53. The zero-order valence-corrected chi connectivity index (χ0v) is 12.1. The maximum absolute atomic E-state index is 13.8. The molecular weight excluding hydrogens is 288 g/mol. The van der Waals surface area contributed by atoms with Gasteiger partial charge in [-0.1, -0.05) is 6.07 Å². The van der Waals surface area contributed by atoms with Crippen LogP contribution in [0.15, 0.2) is 41.0 Å². The predicted octanol–water partition coefficient (Wildman–Crippen LogP) is 3.68. The fraction of sp³-hybridized carbons (Fsp3) is 0.353. The van der Waals surface area contributed by atoms with Crippen molar-refractivity contribution in [2.45, 2.75) is 38.3 Å². The summed E-state index contributed by atoms with van der Waals surface area (Å²) in [5.41, 5.74) is 0.347. The standard InChI is InChI=1S/C17H17F2NO2/c18-13-4-3-12(16(19)10-13)11-20(14-5-6-14)17(21)8-7-15-2-1-9-22-15/h1-4,9-10,14H,5-8,11H2. The van der Waals surface area contributed by atoms with E-state index in [0.717, 1.165) is 24.7 Å². The van der Waals surface area contributed by atoms with Crippen molar-refractivity contribution in [3.63, 3.8) is 0 Å². The summed E-state index contributed by atoms with van der Waals surface area (Å²) >= 11 is 0. The molecule has 0 bridgehead atoms. The smallest absolute Gasteiger partial charge is 0.223 e. The van der Waals surface area contributed by atoms with Gasteiger partial charge in [-0.15, -0.1) is 0 Å². The average Bonchev–Trinajstić information content (AvgIpc) is 3.19. The zero-order valence-electron chi connectivity index (χ0n) is 12.1. The van der Waals surface area contributed by atoms with Crippen molar-refractivity contribution in [2.24, 2.45) is 0 Å². The van der Waals surface area contributed by atoms with Crippen LogP contribution < -0.4 is 0 Å². The largest absolute Gasteiger partial charge is 0.469 e. The molecule has 1 aliphatic rings. The van der Waals surface area contributed by atoms with E-state index in [2.05, 4.69) is 0 Å². The first-order valence-electron chi connectivity index (χ1n) is 7.39. The zero-order chi connectivity index (χ0) is 15.5. The number of carbonyl (C=O) groups excluding carboxylic acids is 1.